The van der Waals surface area contributed by atoms with Crippen LogP contribution in [0.3, 0.4) is 0 Å². The quantitative estimate of drug-likeness (QED) is 0.882. The van der Waals surface area contributed by atoms with E-state index in [1.165, 1.54) is 12.1 Å². The molecule has 0 spiro atoms. The fourth-order valence-electron chi connectivity index (χ4n) is 4.25. The van der Waals surface area contributed by atoms with Crippen molar-refractivity contribution in [2.45, 2.75) is 38.8 Å². The lowest BCUT2D eigenvalue weighted by atomic mass is 9.92. The standard InChI is InChI=1S/C19H23FN4O2/c1-11-17(12(2)26-23-11)16-7-4-8-24(16)19(25)15-10-21-22-18(15)13-5-3-6-14(20)9-13/h3,5-6,9,15-16,18,21-22H,4,7-8,10H2,1-2H3. The molecule has 1 amide bonds. The maximum absolute atomic E-state index is 13.6. The van der Waals surface area contributed by atoms with Crippen LogP contribution in [-0.2, 0) is 4.79 Å². The Morgan fingerprint density at radius 3 is 2.96 bits per heavy atom. The SMILES string of the molecule is Cc1noc(C)c1C1CCCN1C(=O)C1CNNC1c1cccc(F)c1. The molecule has 7 heteroatoms. The van der Waals surface area contributed by atoms with E-state index in [1.54, 1.807) is 6.07 Å². The minimum Gasteiger partial charge on any atom is -0.361 e. The van der Waals surface area contributed by atoms with Gasteiger partial charge in [-0.3, -0.25) is 10.2 Å². The number of hydrogen-bond acceptors (Lipinski definition) is 5. The number of hydrazine groups is 1. The third kappa shape index (κ3) is 2.91. The fourth-order valence-corrected chi connectivity index (χ4v) is 4.25. The molecule has 3 unspecified atom stereocenters. The number of carbonyl (C=O) groups excluding carboxylic acids is 1. The summed E-state index contributed by atoms with van der Waals surface area (Å²) in [5.41, 5.74) is 8.85. The highest BCUT2D eigenvalue weighted by Gasteiger charge is 2.41. The predicted molar refractivity (Wildman–Crippen MR) is 93.4 cm³/mol. The highest BCUT2D eigenvalue weighted by Crippen LogP contribution is 2.38. The van der Waals surface area contributed by atoms with Gasteiger partial charge in [0.05, 0.1) is 23.7 Å². The number of aryl methyl sites for hydroxylation is 2. The van der Waals surface area contributed by atoms with Gasteiger partial charge in [0.2, 0.25) is 5.91 Å². The predicted octanol–water partition coefficient (Wildman–Crippen LogP) is 2.56. The van der Waals surface area contributed by atoms with E-state index in [1.807, 2.05) is 24.8 Å². The molecule has 2 N–H and O–H groups in total. The van der Waals surface area contributed by atoms with Gasteiger partial charge in [0.15, 0.2) is 0 Å². The molecule has 0 saturated carbocycles. The molecule has 2 aliphatic heterocycles. The van der Waals surface area contributed by atoms with E-state index < -0.39 is 0 Å². The number of likely N-dealkylation sites (tertiary alicyclic amines) is 1. The van der Waals surface area contributed by atoms with Crippen LogP contribution in [0.5, 0.6) is 0 Å². The molecule has 0 bridgehead atoms. The molecule has 3 heterocycles. The van der Waals surface area contributed by atoms with Crippen molar-refractivity contribution in [1.82, 2.24) is 20.9 Å². The lowest BCUT2D eigenvalue weighted by Gasteiger charge is -2.29. The summed E-state index contributed by atoms with van der Waals surface area (Å²) >= 11 is 0. The molecule has 1 aromatic heterocycles. The summed E-state index contributed by atoms with van der Waals surface area (Å²) in [5, 5.41) is 4.04. The van der Waals surface area contributed by atoms with Crippen molar-refractivity contribution < 1.29 is 13.7 Å². The van der Waals surface area contributed by atoms with E-state index in [4.69, 9.17) is 4.52 Å². The minimum atomic E-state index is -0.294. The molecule has 138 valence electrons. The van der Waals surface area contributed by atoms with Gasteiger partial charge in [0, 0.05) is 18.7 Å². The summed E-state index contributed by atoms with van der Waals surface area (Å²) in [6.45, 7) is 5.05. The number of amides is 1. The first-order chi connectivity index (χ1) is 12.6. The summed E-state index contributed by atoms with van der Waals surface area (Å²) in [5.74, 6) is 0.283. The van der Waals surface area contributed by atoms with Gasteiger partial charge >= 0.3 is 0 Å². The maximum atomic E-state index is 13.6. The summed E-state index contributed by atoms with van der Waals surface area (Å²) in [6, 6.07) is 6.18. The van der Waals surface area contributed by atoms with Gasteiger partial charge < -0.3 is 9.42 Å². The van der Waals surface area contributed by atoms with Crippen molar-refractivity contribution in [3.05, 3.63) is 52.7 Å². The minimum absolute atomic E-state index is 0.00232. The average Bonchev–Trinajstić information content (AvgIpc) is 3.34. The van der Waals surface area contributed by atoms with Crippen LogP contribution in [0.25, 0.3) is 0 Å². The fraction of sp³-hybridized carbons (Fsp3) is 0.474. The topological polar surface area (TPSA) is 70.4 Å². The summed E-state index contributed by atoms with van der Waals surface area (Å²) < 4.78 is 18.9. The second kappa shape index (κ2) is 6.81. The molecule has 2 aliphatic rings. The van der Waals surface area contributed by atoms with Crippen LogP contribution >= 0.6 is 0 Å². The van der Waals surface area contributed by atoms with Crippen LogP contribution in [0, 0.1) is 25.6 Å². The monoisotopic (exact) mass is 358 g/mol. The Balaban J connectivity index is 1.60. The molecule has 1 aromatic carbocycles. The van der Waals surface area contributed by atoms with Crippen molar-refractivity contribution in [2.24, 2.45) is 5.92 Å². The van der Waals surface area contributed by atoms with Crippen LogP contribution in [-0.4, -0.2) is 29.1 Å². The normalized spacial score (nSPS) is 25.8. The first-order valence-corrected chi connectivity index (χ1v) is 9.03. The summed E-state index contributed by atoms with van der Waals surface area (Å²) in [6.07, 6.45) is 1.87. The Bertz CT molecular complexity index is 802. The summed E-state index contributed by atoms with van der Waals surface area (Å²) in [4.78, 5) is 15.3. The lowest BCUT2D eigenvalue weighted by Crippen LogP contribution is -2.39. The molecule has 0 aliphatic carbocycles. The van der Waals surface area contributed by atoms with E-state index >= 15 is 0 Å². The van der Waals surface area contributed by atoms with Gasteiger partial charge in [0.1, 0.15) is 11.6 Å². The van der Waals surface area contributed by atoms with Crippen molar-refractivity contribution in [1.29, 1.82) is 0 Å². The molecule has 4 rings (SSSR count). The van der Waals surface area contributed by atoms with Gasteiger partial charge in [-0.15, -0.1) is 0 Å². The van der Waals surface area contributed by atoms with Crippen molar-refractivity contribution in [2.75, 3.05) is 13.1 Å². The van der Waals surface area contributed by atoms with Gasteiger partial charge in [-0.05, 0) is 44.4 Å². The number of nitrogens with zero attached hydrogens (tertiary/aromatic N) is 2. The van der Waals surface area contributed by atoms with E-state index in [9.17, 15) is 9.18 Å². The molecule has 3 atom stereocenters. The number of rotatable bonds is 3. The molecular formula is C19H23FN4O2. The van der Waals surface area contributed by atoms with Gasteiger partial charge in [-0.2, -0.15) is 0 Å². The molecule has 2 fully saturated rings. The number of hydrogen-bond donors (Lipinski definition) is 2. The van der Waals surface area contributed by atoms with Crippen molar-refractivity contribution in [3.8, 4) is 0 Å². The van der Waals surface area contributed by atoms with E-state index in [0.29, 0.717) is 6.54 Å². The van der Waals surface area contributed by atoms with Gasteiger partial charge in [0.25, 0.3) is 0 Å². The van der Waals surface area contributed by atoms with Gasteiger partial charge in [-0.25, -0.2) is 9.82 Å². The molecule has 6 nitrogen and oxygen atoms in total. The largest absolute Gasteiger partial charge is 0.361 e. The second-order valence-electron chi connectivity index (χ2n) is 7.09. The molecule has 26 heavy (non-hydrogen) atoms. The Kier molecular flexibility index (Phi) is 4.50. The van der Waals surface area contributed by atoms with E-state index in [-0.39, 0.29) is 29.7 Å². The van der Waals surface area contributed by atoms with Gasteiger partial charge in [-0.1, -0.05) is 17.3 Å². The Morgan fingerprint density at radius 2 is 2.23 bits per heavy atom. The maximum Gasteiger partial charge on any atom is 0.229 e. The zero-order chi connectivity index (χ0) is 18.3. The first-order valence-electron chi connectivity index (χ1n) is 9.03. The smallest absolute Gasteiger partial charge is 0.229 e. The average molecular weight is 358 g/mol. The Morgan fingerprint density at radius 1 is 1.38 bits per heavy atom. The number of benzene rings is 1. The number of carbonyl (C=O) groups is 1. The van der Waals surface area contributed by atoms with E-state index in [0.717, 1.165) is 42.0 Å². The Hall–Kier alpha value is -2.25. The van der Waals surface area contributed by atoms with Crippen LogP contribution in [0.2, 0.25) is 0 Å². The first kappa shape index (κ1) is 17.2. The summed E-state index contributed by atoms with van der Waals surface area (Å²) in [7, 11) is 0. The zero-order valence-electron chi connectivity index (χ0n) is 15.0. The zero-order valence-corrected chi connectivity index (χ0v) is 15.0. The molecule has 2 aromatic rings. The third-order valence-corrected chi connectivity index (χ3v) is 5.46. The van der Waals surface area contributed by atoms with Crippen LogP contribution < -0.4 is 10.9 Å². The molecule has 2 saturated heterocycles. The third-order valence-electron chi connectivity index (χ3n) is 5.46. The number of aromatic nitrogens is 1. The van der Waals surface area contributed by atoms with Crippen molar-refractivity contribution in [3.63, 3.8) is 0 Å². The second-order valence-corrected chi connectivity index (χ2v) is 7.09. The van der Waals surface area contributed by atoms with Crippen LogP contribution in [0.1, 0.15) is 47.5 Å². The van der Waals surface area contributed by atoms with E-state index in [2.05, 4.69) is 16.0 Å². The lowest BCUT2D eigenvalue weighted by molar-refractivity contribution is -0.136. The highest BCUT2D eigenvalue weighted by atomic mass is 19.1. The molecular weight excluding hydrogens is 335 g/mol. The van der Waals surface area contributed by atoms with Crippen LogP contribution in [0.15, 0.2) is 28.8 Å². The Labute approximate surface area is 151 Å². The number of halogens is 1. The highest BCUT2D eigenvalue weighted by molar-refractivity contribution is 5.81. The number of nitrogens with one attached hydrogen (secondary N) is 2. The van der Waals surface area contributed by atoms with Crippen molar-refractivity contribution >= 4 is 5.91 Å². The molecule has 0 radical (unpaired) electrons. The van der Waals surface area contributed by atoms with Crippen LogP contribution in [0.4, 0.5) is 4.39 Å².